The maximum Gasteiger partial charge on any atom is 0.695 e. The fourth-order valence-electron chi connectivity index (χ4n) is 13.0. The molecule has 9 N–H and O–H groups in total. The minimum Gasteiger partial charge on any atom is -0.394 e. The number of aromatic nitrogens is 16. The number of aromatic amines is 2. The molecule has 8 aromatic heterocycles. The van der Waals surface area contributed by atoms with E-state index in [2.05, 4.69) is 81.1 Å². The molecule has 0 spiro atoms. The molecule has 0 bridgehead atoms. The third-order valence-corrected chi connectivity index (χ3v) is 24.6. The van der Waals surface area contributed by atoms with Gasteiger partial charge < -0.3 is 61.8 Å². The van der Waals surface area contributed by atoms with Gasteiger partial charge in [-0.15, -0.1) is 18.8 Å². The molecule has 4 fully saturated rings. The van der Waals surface area contributed by atoms with E-state index >= 15 is 8.78 Å². The van der Waals surface area contributed by atoms with Crippen molar-refractivity contribution in [1.29, 1.82) is 10.5 Å². The number of carbonyl (C=O) groups excluding carboxylic acids is 4. The molecule has 4 aliphatic heterocycles. The van der Waals surface area contributed by atoms with E-state index < -0.39 is 177 Å². The zero-order valence-electron chi connectivity index (χ0n) is 64.6. The van der Waals surface area contributed by atoms with Crippen molar-refractivity contribution in [1.82, 2.24) is 78.1 Å². The lowest BCUT2D eigenvalue weighted by Gasteiger charge is -2.27. The fraction of sp³-hybridized carbons (Fsp3) is 0.465. The number of H-pyrrole nitrogens is 2. The lowest BCUT2D eigenvalue weighted by atomic mass is 10.1. The first-order chi connectivity index (χ1) is 58.6. The summed E-state index contributed by atoms with van der Waals surface area (Å²) in [7, 11) is -6.76. The van der Waals surface area contributed by atoms with E-state index in [1.807, 2.05) is 19.1 Å². The summed E-state index contributed by atoms with van der Waals surface area (Å²) in [4.78, 5) is 143. The second-order valence-corrected chi connectivity index (χ2v) is 35.0. The van der Waals surface area contributed by atoms with Crippen molar-refractivity contribution in [2.45, 2.75) is 168 Å². The van der Waals surface area contributed by atoms with E-state index in [1.54, 1.807) is 97.5 Å². The minimum absolute atomic E-state index is 0. The predicted molar refractivity (Wildman–Crippen MR) is 444 cm³/mol. The number of nitrogens with zero attached hydrogens (tertiary/aromatic N) is 16. The molecule has 18 atom stereocenters. The third kappa shape index (κ3) is 21.7. The molecule has 14 rings (SSSR count). The first-order valence-corrected chi connectivity index (χ1v) is 44.6. The van der Waals surface area contributed by atoms with Crippen LogP contribution in [0.4, 0.5) is 32.3 Å². The first kappa shape index (κ1) is 94.5. The van der Waals surface area contributed by atoms with Gasteiger partial charge in [-0.25, -0.2) is 48.7 Å². The van der Waals surface area contributed by atoms with Crippen LogP contribution in [0.1, 0.15) is 130 Å². The summed E-state index contributed by atoms with van der Waals surface area (Å²) < 4.78 is 132. The Hall–Kier alpha value is -10.1. The molecule has 0 radical (unpaired) electrons. The number of nitrogens with one attached hydrogen (secondary N) is 6. The molecule has 0 saturated carbocycles. The summed E-state index contributed by atoms with van der Waals surface area (Å²) in [5.74, 6) is -2.77. The predicted octanol–water partition coefficient (Wildman–Crippen LogP) is 9.01. The van der Waals surface area contributed by atoms with E-state index in [0.29, 0.717) is 28.7 Å². The highest BCUT2D eigenvalue weighted by Gasteiger charge is 2.55. The summed E-state index contributed by atoms with van der Waals surface area (Å²) in [6.07, 6.45) is -10.7. The zero-order valence-corrected chi connectivity index (χ0v) is 69.8. The van der Waals surface area contributed by atoms with Crippen LogP contribution in [0.15, 0.2) is 108 Å². The Balaban J connectivity index is 0.000000276. The Morgan fingerprint density at radius 1 is 0.573 bits per heavy atom. The minimum atomic E-state index is -3.95. The molecule has 2 aromatic carbocycles. The molecule has 45 nitrogen and oxygen atoms in total. The summed E-state index contributed by atoms with van der Waals surface area (Å²) in [5, 5.41) is 39.2. The molecule has 10 aromatic rings. The summed E-state index contributed by atoms with van der Waals surface area (Å²) in [6, 6.07) is 21.0. The molecule has 4 saturated heterocycles. The number of anilines is 4. The Bertz CT molecular complexity index is 5520. The maximum absolute atomic E-state index is 16.2. The van der Waals surface area contributed by atoms with Crippen molar-refractivity contribution in [3.05, 3.63) is 130 Å². The normalized spacial score (nSPS) is 23.5. The number of hydrogen-bond donors (Lipinski definition) is 9. The number of alkyl halides is 2. The van der Waals surface area contributed by atoms with Gasteiger partial charge in [0.15, 0.2) is 93.3 Å². The van der Waals surface area contributed by atoms with E-state index in [-0.39, 0.29) is 120 Å². The van der Waals surface area contributed by atoms with Crippen LogP contribution >= 0.6 is 29.9 Å². The van der Waals surface area contributed by atoms with Gasteiger partial charge in [0, 0.05) is 47.8 Å². The van der Waals surface area contributed by atoms with Gasteiger partial charge in [-0.2, -0.15) is 20.5 Å². The zero-order chi connectivity index (χ0) is 86.8. The van der Waals surface area contributed by atoms with E-state index in [9.17, 15) is 63.3 Å². The second kappa shape index (κ2) is 41.8. The number of ether oxygens (including phenoxy) is 4. The van der Waals surface area contributed by atoms with Crippen LogP contribution in [-0.4, -0.2) is 211 Å². The largest absolute Gasteiger partial charge is 0.695 e. The van der Waals surface area contributed by atoms with Crippen LogP contribution in [0.3, 0.4) is 0 Å². The van der Waals surface area contributed by atoms with Gasteiger partial charge in [-0.1, -0.05) is 85.9 Å². The average molecular weight is 1840 g/mol. The molecule has 4 aliphatic rings. The molecule has 0 aliphatic carbocycles. The number of aliphatic hydroxyl groups is 1. The molecule has 124 heavy (non-hydrogen) atoms. The van der Waals surface area contributed by atoms with Crippen LogP contribution in [-0.2, 0) is 97.5 Å². The second-order valence-electron chi connectivity index (χ2n) is 27.7. The van der Waals surface area contributed by atoms with Crippen LogP contribution in [0.25, 0.3) is 44.7 Å². The van der Waals surface area contributed by atoms with Crippen molar-refractivity contribution in [3.8, 4) is 12.1 Å². The number of aliphatic hydroxyl groups excluding tert-OH is 1. The Morgan fingerprint density at radius 2 is 0.960 bits per heavy atom. The number of imidazole rings is 4. The van der Waals surface area contributed by atoms with Crippen molar-refractivity contribution in [3.63, 3.8) is 0 Å². The number of nitriles is 2. The highest BCUT2D eigenvalue weighted by Crippen LogP contribution is 2.57. The molecular formula is C71H88F2N22O23P4S2+2. The SMILES string of the molecule is C.C.CC(C)C(=O)Nc1nc2c(ncn2[C@@H]2O[C@H](COP(=S)(OCCC#N)O[C@H]3C[C@H](n4cnc5c(NC(=O)c6ccccc6)ncnc54)O[C@@H]3CO)[C@@H](F)[C@H]2O[P+](=O)O)c(=O)[nH]1.CC[C@H]1O[C@@H](n2cnc3c(NC(=O)c4ccccc4)ncnc32)C[C@@H]1OP(=S)(OCCC#N)OC[C@H]1O[C@@H](n2cnc3c(=O)[nH]c(NC(=O)C(C)C)nc32)[C@H](O[P+](=O)O)[C@@H]1F.[HH].[HH]. The number of benzene rings is 2. The van der Waals surface area contributed by atoms with Gasteiger partial charge >= 0.3 is 29.9 Å². The van der Waals surface area contributed by atoms with Gasteiger partial charge in [0.25, 0.3) is 22.9 Å². The van der Waals surface area contributed by atoms with Crippen molar-refractivity contribution < 1.29 is 110 Å². The molecule has 53 heteroatoms. The maximum atomic E-state index is 16.2. The topological polar surface area (TPSA) is 584 Å². The lowest BCUT2D eigenvalue weighted by Crippen LogP contribution is -2.32. The quantitative estimate of drug-likeness (QED) is 0.0134. The Labute approximate surface area is 716 Å². The first-order valence-electron chi connectivity index (χ1n) is 37.3. The Morgan fingerprint density at radius 3 is 1.34 bits per heavy atom. The van der Waals surface area contributed by atoms with E-state index in [1.165, 1.54) is 25.3 Å². The number of carbonyl (C=O) groups is 4. The number of fused-ring (bicyclic) bond motifs is 4. The monoisotopic (exact) mass is 1840 g/mol. The third-order valence-electron chi connectivity index (χ3n) is 19.0. The fourth-order valence-corrected chi connectivity index (χ4v) is 18.1. The van der Waals surface area contributed by atoms with Gasteiger partial charge in [0.2, 0.25) is 23.7 Å². The smallest absolute Gasteiger partial charge is 0.394 e. The van der Waals surface area contributed by atoms with Crippen LogP contribution < -0.4 is 32.4 Å². The molecular weight excluding hydrogens is 1750 g/mol. The molecule has 664 valence electrons. The van der Waals surface area contributed by atoms with Crippen LogP contribution in [0, 0.1) is 34.5 Å². The number of rotatable bonds is 34. The number of amides is 4. The van der Waals surface area contributed by atoms with Crippen LogP contribution in [0.5, 0.6) is 0 Å². The molecule has 4 amide bonds. The van der Waals surface area contributed by atoms with Gasteiger partial charge in [0.05, 0.1) is 102 Å². The van der Waals surface area contributed by atoms with Crippen molar-refractivity contribution >= 4 is 145 Å². The van der Waals surface area contributed by atoms with Crippen LogP contribution in [0.2, 0.25) is 0 Å². The van der Waals surface area contributed by atoms with E-state index in [4.69, 9.17) is 78.8 Å². The van der Waals surface area contributed by atoms with Crippen molar-refractivity contribution in [2.75, 3.05) is 54.3 Å². The number of hydrogen-bond acceptors (Lipinski definition) is 35. The van der Waals surface area contributed by atoms with E-state index in [0.717, 1.165) is 21.8 Å². The molecule has 4 unspecified atom stereocenters. The average Bonchev–Trinajstić information content (AvgIpc) is 1.62. The lowest BCUT2D eigenvalue weighted by molar-refractivity contribution is -0.119. The summed E-state index contributed by atoms with van der Waals surface area (Å²) in [6.45, 7) is -1.70. The molecule has 12 heterocycles. The van der Waals surface area contributed by atoms with Gasteiger partial charge in [0.1, 0.15) is 43.4 Å². The number of halogens is 2. The van der Waals surface area contributed by atoms with Gasteiger partial charge in [-0.3, -0.25) is 67.6 Å². The standard InChI is InChI=1S/C35H38FN11O11P2S.C34H36FN11O12P2S.2CH4.2H2/c1-4-20-21(13-23(55-20)46-16-40-25-28(38-15-39-29(25)46)42-32(49)19-9-6-5-7-10-19)58-60(61,53-12-8-11-37)54-14-22-24(36)27(57-59(51)52)34(56-22)47-17-41-26-30(47)43-35(45-33(26)50)44-31(48)18(2)3;1-17(2)30(48)43-34-42-29-25(32(50)44-34)40-16-46(29)33-26(57-59(51)52)23(35)21(56-33)13-54-60(61,53-10-6-9-36)58-19-11-22(55-20(19)12-47)45-15-39-24-27(37-14-38-28(24)45)41-31(49)18-7-4-3-5-8-18;;;;/h5-7,9-10,15-18,20-24,27,34H,4,8,12-14H2,1-3H3,(H3-,38,39,42,43,44,45,48,49,50,51,52);3-5,7-8,14-17,19-23,26,33,47H,6,10-13H2,1-2H3,(H3-,37,38,41,42,43,44,48,49,50,51,52);2*1H4;2*1H/p+2/t20-,21+,22-,23-,24-,27-,34-,60?;19-,20+,21+,22+,23+,26+,33+,60?;;;;/m10..../s1. The van der Waals surface area contributed by atoms with Gasteiger partial charge in [-0.05, 0) is 54.3 Å². The van der Waals surface area contributed by atoms with Crippen molar-refractivity contribution in [2.24, 2.45) is 11.8 Å². The summed E-state index contributed by atoms with van der Waals surface area (Å²) in [5.41, 5.74) is -0.176. The summed E-state index contributed by atoms with van der Waals surface area (Å²) >= 11 is 11.5. The highest BCUT2D eigenvalue weighted by atomic mass is 32.5. The Kier molecular flexibility index (Phi) is 31.8. The highest BCUT2D eigenvalue weighted by molar-refractivity contribution is 8.07.